The van der Waals surface area contributed by atoms with Crippen molar-refractivity contribution in [1.82, 2.24) is 10.0 Å². The average Bonchev–Trinajstić information content (AvgIpc) is 2.54. The molecule has 136 valence electrons. The Balaban J connectivity index is 1.89. The van der Waals surface area contributed by atoms with Crippen LogP contribution in [0.5, 0.6) is 0 Å². The van der Waals surface area contributed by atoms with E-state index >= 15 is 0 Å². The second-order valence-electron chi connectivity index (χ2n) is 6.13. The Morgan fingerprint density at radius 1 is 0.920 bits per heavy atom. The zero-order valence-corrected chi connectivity index (χ0v) is 15.8. The monoisotopic (exact) mass is 362 g/mol. The smallest absolute Gasteiger partial charge is 0.240 e. The van der Waals surface area contributed by atoms with Crippen LogP contribution in [0.2, 0.25) is 0 Å². The molecule has 0 aliphatic carbocycles. The van der Waals surface area contributed by atoms with Crippen LogP contribution in [-0.2, 0) is 27.8 Å². The third-order valence-electron chi connectivity index (χ3n) is 3.77. The first kappa shape index (κ1) is 19.6. The van der Waals surface area contributed by atoms with Gasteiger partial charge < -0.3 is 10.1 Å². The van der Waals surface area contributed by atoms with E-state index in [4.69, 9.17) is 4.74 Å². The molecule has 0 amide bonds. The predicted molar refractivity (Wildman–Crippen MR) is 100.0 cm³/mol. The molecule has 5 nitrogen and oxygen atoms in total. The van der Waals surface area contributed by atoms with Crippen molar-refractivity contribution in [1.29, 1.82) is 0 Å². The van der Waals surface area contributed by atoms with E-state index in [1.807, 2.05) is 12.1 Å². The maximum absolute atomic E-state index is 12.1. The van der Waals surface area contributed by atoms with E-state index < -0.39 is 10.0 Å². The highest BCUT2D eigenvalue weighted by Crippen LogP contribution is 2.11. The number of methoxy groups -OCH3 is 1. The van der Waals surface area contributed by atoms with E-state index in [2.05, 4.69) is 42.1 Å². The highest BCUT2D eigenvalue weighted by molar-refractivity contribution is 7.89. The third-order valence-corrected chi connectivity index (χ3v) is 5.25. The van der Waals surface area contributed by atoms with Crippen LogP contribution in [0.25, 0.3) is 0 Å². The first-order valence-corrected chi connectivity index (χ1v) is 9.74. The zero-order valence-electron chi connectivity index (χ0n) is 15.0. The van der Waals surface area contributed by atoms with Gasteiger partial charge in [0.1, 0.15) is 0 Å². The van der Waals surface area contributed by atoms with E-state index in [1.54, 1.807) is 12.1 Å². The fraction of sp³-hybridized carbons (Fsp3) is 0.368. The summed E-state index contributed by atoms with van der Waals surface area (Å²) >= 11 is 0. The van der Waals surface area contributed by atoms with Gasteiger partial charge in [0, 0.05) is 26.7 Å². The fourth-order valence-electron chi connectivity index (χ4n) is 2.67. The van der Waals surface area contributed by atoms with E-state index in [0.29, 0.717) is 13.2 Å². The molecule has 0 atom stereocenters. The molecule has 0 heterocycles. The summed E-state index contributed by atoms with van der Waals surface area (Å²) in [5.41, 5.74) is 4.80. The van der Waals surface area contributed by atoms with Crippen molar-refractivity contribution in [2.75, 3.05) is 20.3 Å². The second-order valence-corrected chi connectivity index (χ2v) is 7.90. The van der Waals surface area contributed by atoms with E-state index in [9.17, 15) is 8.42 Å². The lowest BCUT2D eigenvalue weighted by atomic mass is 10.1. The number of sulfonamides is 1. The van der Waals surface area contributed by atoms with Gasteiger partial charge in [0.2, 0.25) is 10.0 Å². The normalized spacial score (nSPS) is 11.6. The van der Waals surface area contributed by atoms with Gasteiger partial charge in [-0.15, -0.1) is 0 Å². The fourth-order valence-corrected chi connectivity index (χ4v) is 3.68. The summed E-state index contributed by atoms with van der Waals surface area (Å²) in [7, 11) is -1.94. The van der Waals surface area contributed by atoms with Crippen LogP contribution in [0.3, 0.4) is 0 Å². The Hall–Kier alpha value is -1.73. The Kier molecular flexibility index (Phi) is 7.13. The van der Waals surface area contributed by atoms with Crippen molar-refractivity contribution in [3.8, 4) is 0 Å². The Morgan fingerprint density at radius 2 is 1.52 bits per heavy atom. The summed E-state index contributed by atoms with van der Waals surface area (Å²) in [4.78, 5) is 0.265. The van der Waals surface area contributed by atoms with Gasteiger partial charge in [-0.3, -0.25) is 0 Å². The standard InChI is InChI=1S/C19H26N2O3S/c1-15-10-16(2)12-18(11-15)14-20-13-17-4-6-19(7-5-17)25(22,23)21-8-9-24-3/h4-7,10-12,20-21H,8-9,13-14H2,1-3H3. The zero-order chi connectivity index (χ0) is 18.3. The van der Waals surface area contributed by atoms with Crippen molar-refractivity contribution in [2.24, 2.45) is 0 Å². The summed E-state index contributed by atoms with van der Waals surface area (Å²) in [6, 6.07) is 13.4. The average molecular weight is 362 g/mol. The van der Waals surface area contributed by atoms with E-state index in [-0.39, 0.29) is 11.4 Å². The summed E-state index contributed by atoms with van der Waals surface area (Å²) in [5, 5.41) is 3.39. The number of rotatable bonds is 9. The van der Waals surface area contributed by atoms with Crippen molar-refractivity contribution < 1.29 is 13.2 Å². The first-order chi connectivity index (χ1) is 11.9. The molecule has 0 saturated carbocycles. The SMILES string of the molecule is COCCNS(=O)(=O)c1ccc(CNCc2cc(C)cc(C)c2)cc1. The quantitative estimate of drug-likeness (QED) is 0.673. The molecule has 2 aromatic carbocycles. The molecule has 0 spiro atoms. The lowest BCUT2D eigenvalue weighted by molar-refractivity contribution is 0.204. The Labute approximate surface area is 150 Å². The van der Waals surface area contributed by atoms with Gasteiger partial charge in [-0.05, 0) is 37.1 Å². The summed E-state index contributed by atoms with van der Waals surface area (Å²) in [6.07, 6.45) is 0. The maximum atomic E-state index is 12.1. The van der Waals surface area contributed by atoms with Gasteiger partial charge >= 0.3 is 0 Å². The maximum Gasteiger partial charge on any atom is 0.240 e. The molecule has 0 radical (unpaired) electrons. The summed E-state index contributed by atoms with van der Waals surface area (Å²) in [5.74, 6) is 0. The van der Waals surface area contributed by atoms with Crippen LogP contribution in [0.4, 0.5) is 0 Å². The number of aryl methyl sites for hydroxylation is 2. The van der Waals surface area contributed by atoms with Gasteiger partial charge in [-0.2, -0.15) is 0 Å². The van der Waals surface area contributed by atoms with Gasteiger partial charge in [0.15, 0.2) is 0 Å². The molecule has 0 bridgehead atoms. The minimum absolute atomic E-state index is 0.262. The van der Waals surface area contributed by atoms with Crippen molar-refractivity contribution in [3.63, 3.8) is 0 Å². The first-order valence-electron chi connectivity index (χ1n) is 8.26. The number of nitrogens with one attached hydrogen (secondary N) is 2. The molecular formula is C19H26N2O3S. The highest BCUT2D eigenvalue weighted by Gasteiger charge is 2.12. The molecule has 2 aromatic rings. The molecule has 0 aliphatic heterocycles. The van der Waals surface area contributed by atoms with Crippen LogP contribution in [0, 0.1) is 13.8 Å². The number of benzene rings is 2. The topological polar surface area (TPSA) is 67.4 Å². The molecule has 2 N–H and O–H groups in total. The molecular weight excluding hydrogens is 336 g/mol. The van der Waals surface area contributed by atoms with Crippen LogP contribution >= 0.6 is 0 Å². The van der Waals surface area contributed by atoms with E-state index in [0.717, 1.165) is 12.1 Å². The Bertz CT molecular complexity index is 767. The summed E-state index contributed by atoms with van der Waals surface area (Å²) in [6.45, 7) is 6.26. The van der Waals surface area contributed by atoms with Crippen LogP contribution in [0.15, 0.2) is 47.4 Å². The molecule has 2 rings (SSSR count). The molecule has 0 aliphatic rings. The molecule has 0 aromatic heterocycles. The molecule has 25 heavy (non-hydrogen) atoms. The van der Waals surface area contributed by atoms with Crippen LogP contribution in [-0.4, -0.2) is 28.7 Å². The lowest BCUT2D eigenvalue weighted by Crippen LogP contribution is -2.27. The van der Waals surface area contributed by atoms with Crippen molar-refractivity contribution >= 4 is 10.0 Å². The van der Waals surface area contributed by atoms with Gasteiger partial charge in [0.25, 0.3) is 0 Å². The minimum atomic E-state index is -3.47. The number of ether oxygens (including phenoxy) is 1. The lowest BCUT2D eigenvalue weighted by Gasteiger charge is -2.09. The van der Waals surface area contributed by atoms with Gasteiger partial charge in [0.05, 0.1) is 11.5 Å². The van der Waals surface area contributed by atoms with Crippen LogP contribution < -0.4 is 10.0 Å². The molecule has 0 saturated heterocycles. The van der Waals surface area contributed by atoms with Crippen molar-refractivity contribution in [3.05, 3.63) is 64.7 Å². The third kappa shape index (κ3) is 6.25. The van der Waals surface area contributed by atoms with Crippen molar-refractivity contribution in [2.45, 2.75) is 31.8 Å². The molecule has 6 heteroatoms. The molecule has 0 fully saturated rings. The van der Waals surface area contributed by atoms with E-state index in [1.165, 1.54) is 23.8 Å². The Morgan fingerprint density at radius 3 is 2.12 bits per heavy atom. The predicted octanol–water partition coefficient (Wildman–Crippen LogP) is 2.52. The minimum Gasteiger partial charge on any atom is -0.383 e. The highest BCUT2D eigenvalue weighted by atomic mass is 32.2. The number of hydrogen-bond acceptors (Lipinski definition) is 4. The van der Waals surface area contributed by atoms with Crippen LogP contribution in [0.1, 0.15) is 22.3 Å². The second kappa shape index (κ2) is 9.10. The number of hydrogen-bond donors (Lipinski definition) is 2. The largest absolute Gasteiger partial charge is 0.383 e. The summed E-state index contributed by atoms with van der Waals surface area (Å²) < 4.78 is 31.6. The molecule has 0 unspecified atom stereocenters. The van der Waals surface area contributed by atoms with Gasteiger partial charge in [-0.1, -0.05) is 41.5 Å². The van der Waals surface area contributed by atoms with Gasteiger partial charge in [-0.25, -0.2) is 13.1 Å².